The van der Waals surface area contributed by atoms with E-state index in [4.69, 9.17) is 14.6 Å². The van der Waals surface area contributed by atoms with Crippen LogP contribution in [0.2, 0.25) is 0 Å². The van der Waals surface area contributed by atoms with Gasteiger partial charge in [-0.1, -0.05) is 30.0 Å². The van der Waals surface area contributed by atoms with Gasteiger partial charge in [0.15, 0.2) is 0 Å². The van der Waals surface area contributed by atoms with Gasteiger partial charge >= 0.3 is 0 Å². The van der Waals surface area contributed by atoms with E-state index in [0.717, 1.165) is 22.4 Å². The maximum absolute atomic E-state index is 8.80. The van der Waals surface area contributed by atoms with Crippen LogP contribution in [0.5, 0.6) is 11.5 Å². The second kappa shape index (κ2) is 7.37. The molecule has 0 heterocycles. The third-order valence-electron chi connectivity index (χ3n) is 2.96. The zero-order valence-corrected chi connectivity index (χ0v) is 12.2. The molecule has 0 aliphatic heterocycles. The average molecular weight is 282 g/mol. The van der Waals surface area contributed by atoms with E-state index >= 15 is 0 Å². The molecule has 2 aromatic carbocycles. The van der Waals surface area contributed by atoms with Crippen molar-refractivity contribution < 1.29 is 14.6 Å². The first kappa shape index (κ1) is 15.0. The van der Waals surface area contributed by atoms with Gasteiger partial charge < -0.3 is 14.6 Å². The average Bonchev–Trinajstić information content (AvgIpc) is 2.51. The van der Waals surface area contributed by atoms with E-state index in [1.165, 1.54) is 0 Å². The van der Waals surface area contributed by atoms with Crippen LogP contribution in [0, 0.1) is 18.8 Å². The van der Waals surface area contributed by atoms with Crippen molar-refractivity contribution in [3.63, 3.8) is 0 Å². The monoisotopic (exact) mass is 282 g/mol. The van der Waals surface area contributed by atoms with Crippen LogP contribution in [-0.4, -0.2) is 18.8 Å². The van der Waals surface area contributed by atoms with Crippen molar-refractivity contribution in [2.75, 3.05) is 13.7 Å². The molecule has 1 N–H and O–H groups in total. The normalized spacial score (nSPS) is 9.67. The molecule has 0 radical (unpaired) electrons. The van der Waals surface area contributed by atoms with Gasteiger partial charge in [-0.2, -0.15) is 0 Å². The van der Waals surface area contributed by atoms with Crippen LogP contribution in [-0.2, 0) is 6.61 Å². The lowest BCUT2D eigenvalue weighted by molar-refractivity contribution is 0.305. The van der Waals surface area contributed by atoms with Gasteiger partial charge in [-0.15, -0.1) is 0 Å². The number of hydrogen-bond acceptors (Lipinski definition) is 3. The van der Waals surface area contributed by atoms with Crippen molar-refractivity contribution in [2.45, 2.75) is 13.5 Å². The van der Waals surface area contributed by atoms with E-state index in [-0.39, 0.29) is 6.61 Å². The Morgan fingerprint density at radius 1 is 1.14 bits per heavy atom. The molecule has 2 aromatic rings. The third-order valence-corrected chi connectivity index (χ3v) is 2.96. The first-order valence-corrected chi connectivity index (χ1v) is 6.69. The van der Waals surface area contributed by atoms with Crippen LogP contribution in [0.3, 0.4) is 0 Å². The lowest BCUT2D eigenvalue weighted by Crippen LogP contribution is -1.97. The van der Waals surface area contributed by atoms with Crippen LogP contribution in [0.4, 0.5) is 0 Å². The highest BCUT2D eigenvalue weighted by molar-refractivity contribution is 5.48. The summed E-state index contributed by atoms with van der Waals surface area (Å²) in [6, 6.07) is 13.6. The SMILES string of the molecule is COc1ccc(COc2cccc(C)c2)cc1C#CCO. The fourth-order valence-electron chi connectivity index (χ4n) is 1.95. The molecule has 21 heavy (non-hydrogen) atoms. The highest BCUT2D eigenvalue weighted by atomic mass is 16.5. The Hall–Kier alpha value is -2.44. The summed E-state index contributed by atoms with van der Waals surface area (Å²) >= 11 is 0. The number of aryl methyl sites for hydroxylation is 1. The number of hydrogen-bond donors (Lipinski definition) is 1. The molecule has 0 spiro atoms. The first-order valence-electron chi connectivity index (χ1n) is 6.69. The molecule has 0 aromatic heterocycles. The van der Waals surface area contributed by atoms with Gasteiger partial charge in [0.05, 0.1) is 12.7 Å². The molecule has 0 aliphatic rings. The zero-order chi connectivity index (χ0) is 15.1. The summed E-state index contributed by atoms with van der Waals surface area (Å²) in [5.41, 5.74) is 2.91. The van der Waals surface area contributed by atoms with Gasteiger partial charge in [-0.05, 0) is 42.3 Å². The summed E-state index contributed by atoms with van der Waals surface area (Å²) in [7, 11) is 1.60. The summed E-state index contributed by atoms with van der Waals surface area (Å²) in [5.74, 6) is 7.05. The fourth-order valence-corrected chi connectivity index (χ4v) is 1.95. The molecular formula is C18H18O3. The molecule has 0 saturated carbocycles. The van der Waals surface area contributed by atoms with Crippen molar-refractivity contribution in [2.24, 2.45) is 0 Å². The Balaban J connectivity index is 2.13. The standard InChI is InChI=1S/C18H18O3/c1-14-5-3-7-17(11-14)21-13-15-8-9-18(20-2)16(12-15)6-4-10-19/h3,5,7-9,11-12,19H,10,13H2,1-2H3. The van der Waals surface area contributed by atoms with E-state index < -0.39 is 0 Å². The second-order valence-corrected chi connectivity index (χ2v) is 4.60. The van der Waals surface area contributed by atoms with Crippen LogP contribution >= 0.6 is 0 Å². The van der Waals surface area contributed by atoms with Crippen LogP contribution in [0.15, 0.2) is 42.5 Å². The molecule has 0 bridgehead atoms. The van der Waals surface area contributed by atoms with Crippen molar-refractivity contribution in [3.8, 4) is 23.3 Å². The van der Waals surface area contributed by atoms with Gasteiger partial charge in [0.2, 0.25) is 0 Å². The number of ether oxygens (including phenoxy) is 2. The molecule has 108 valence electrons. The molecule has 2 rings (SSSR count). The molecule has 0 atom stereocenters. The molecule has 3 nitrogen and oxygen atoms in total. The molecular weight excluding hydrogens is 264 g/mol. The summed E-state index contributed by atoms with van der Waals surface area (Å²) in [6.07, 6.45) is 0. The highest BCUT2D eigenvalue weighted by Crippen LogP contribution is 2.20. The number of aliphatic hydroxyl groups is 1. The van der Waals surface area contributed by atoms with Crippen molar-refractivity contribution >= 4 is 0 Å². The molecule has 0 aliphatic carbocycles. The Morgan fingerprint density at radius 3 is 2.71 bits per heavy atom. The summed E-state index contributed by atoms with van der Waals surface area (Å²) in [5, 5.41) is 8.80. The minimum absolute atomic E-state index is 0.173. The van der Waals surface area contributed by atoms with Gasteiger partial charge in [0.25, 0.3) is 0 Å². The minimum atomic E-state index is -0.173. The smallest absolute Gasteiger partial charge is 0.134 e. The molecule has 3 heteroatoms. The van der Waals surface area contributed by atoms with Crippen molar-refractivity contribution in [1.29, 1.82) is 0 Å². The fraction of sp³-hybridized carbons (Fsp3) is 0.222. The highest BCUT2D eigenvalue weighted by Gasteiger charge is 2.03. The Morgan fingerprint density at radius 2 is 2.00 bits per heavy atom. The van der Waals surface area contributed by atoms with E-state index in [2.05, 4.69) is 11.8 Å². The lowest BCUT2D eigenvalue weighted by Gasteiger charge is -2.09. The Bertz CT molecular complexity index is 666. The van der Waals surface area contributed by atoms with Crippen LogP contribution in [0.25, 0.3) is 0 Å². The maximum Gasteiger partial charge on any atom is 0.134 e. The van der Waals surface area contributed by atoms with Crippen LogP contribution in [0.1, 0.15) is 16.7 Å². The summed E-state index contributed by atoms with van der Waals surface area (Å²) < 4.78 is 11.0. The first-order chi connectivity index (χ1) is 10.2. The predicted molar refractivity (Wildman–Crippen MR) is 82.5 cm³/mol. The summed E-state index contributed by atoms with van der Waals surface area (Å²) in [4.78, 5) is 0. The molecule has 0 amide bonds. The Kier molecular flexibility index (Phi) is 5.25. The van der Waals surface area contributed by atoms with E-state index in [9.17, 15) is 0 Å². The second-order valence-electron chi connectivity index (χ2n) is 4.60. The molecule has 0 saturated heterocycles. The predicted octanol–water partition coefficient (Wildman–Crippen LogP) is 2.93. The maximum atomic E-state index is 8.80. The lowest BCUT2D eigenvalue weighted by atomic mass is 10.1. The van der Waals surface area contributed by atoms with Crippen LogP contribution < -0.4 is 9.47 Å². The topological polar surface area (TPSA) is 38.7 Å². The zero-order valence-electron chi connectivity index (χ0n) is 12.2. The van der Waals surface area contributed by atoms with Gasteiger partial charge in [-0.25, -0.2) is 0 Å². The van der Waals surface area contributed by atoms with E-state index in [1.807, 2.05) is 49.4 Å². The molecule has 0 unspecified atom stereocenters. The van der Waals surface area contributed by atoms with Gasteiger partial charge in [-0.3, -0.25) is 0 Å². The quantitative estimate of drug-likeness (QED) is 0.876. The van der Waals surface area contributed by atoms with Gasteiger partial charge in [0, 0.05) is 0 Å². The third kappa shape index (κ3) is 4.27. The minimum Gasteiger partial charge on any atom is -0.495 e. The number of benzene rings is 2. The molecule has 0 fully saturated rings. The van der Waals surface area contributed by atoms with Crippen molar-refractivity contribution in [1.82, 2.24) is 0 Å². The summed E-state index contributed by atoms with van der Waals surface area (Å²) in [6.45, 7) is 2.32. The largest absolute Gasteiger partial charge is 0.495 e. The number of methoxy groups -OCH3 is 1. The van der Waals surface area contributed by atoms with Gasteiger partial charge in [0.1, 0.15) is 24.7 Å². The van der Waals surface area contributed by atoms with E-state index in [0.29, 0.717) is 12.4 Å². The van der Waals surface area contributed by atoms with E-state index in [1.54, 1.807) is 7.11 Å². The number of aliphatic hydroxyl groups excluding tert-OH is 1. The van der Waals surface area contributed by atoms with Crippen molar-refractivity contribution in [3.05, 3.63) is 59.2 Å². The Labute approximate surface area is 125 Å². The number of rotatable bonds is 4.